The van der Waals surface area contributed by atoms with E-state index in [-0.39, 0.29) is 0 Å². The van der Waals surface area contributed by atoms with Crippen molar-refractivity contribution in [2.24, 2.45) is 5.73 Å². The van der Waals surface area contributed by atoms with Crippen molar-refractivity contribution in [3.05, 3.63) is 27.8 Å². The van der Waals surface area contributed by atoms with E-state index in [9.17, 15) is 8.42 Å². The van der Waals surface area contributed by atoms with Crippen LogP contribution >= 0.6 is 22.6 Å². The molecule has 3 N–H and O–H groups in total. The number of halogens is 1. The van der Waals surface area contributed by atoms with E-state index in [1.807, 2.05) is 6.07 Å². The van der Waals surface area contributed by atoms with E-state index >= 15 is 0 Å². The summed E-state index contributed by atoms with van der Waals surface area (Å²) in [6, 6.07) is 6.77. The lowest BCUT2D eigenvalue weighted by molar-refractivity contribution is 0.579. The van der Waals surface area contributed by atoms with Crippen molar-refractivity contribution >= 4 is 32.6 Å². The molecular formula is C9H13IN2O2S. The summed E-state index contributed by atoms with van der Waals surface area (Å²) in [6.45, 7) is 0.860. The molecule has 0 atom stereocenters. The summed E-state index contributed by atoms with van der Waals surface area (Å²) in [5, 5.41) is 0. The number of sulfonamides is 1. The zero-order valence-corrected chi connectivity index (χ0v) is 11.1. The molecule has 0 aromatic heterocycles. The van der Waals surface area contributed by atoms with Gasteiger partial charge >= 0.3 is 0 Å². The lowest BCUT2D eigenvalue weighted by atomic mass is 10.4. The average Bonchev–Trinajstić information content (AvgIpc) is 2.18. The molecule has 0 aliphatic heterocycles. The molecular weight excluding hydrogens is 327 g/mol. The summed E-state index contributed by atoms with van der Waals surface area (Å²) < 4.78 is 26.8. The maximum absolute atomic E-state index is 11.7. The first-order chi connectivity index (χ1) is 7.06. The van der Waals surface area contributed by atoms with Crippen molar-refractivity contribution in [3.63, 3.8) is 0 Å². The fourth-order valence-electron chi connectivity index (χ4n) is 1.03. The molecule has 15 heavy (non-hydrogen) atoms. The lowest BCUT2D eigenvalue weighted by Crippen LogP contribution is -2.26. The maximum atomic E-state index is 11.7. The molecule has 0 aliphatic rings. The minimum atomic E-state index is -3.37. The number of hydrogen-bond acceptors (Lipinski definition) is 3. The molecule has 0 heterocycles. The van der Waals surface area contributed by atoms with Crippen LogP contribution in [0.3, 0.4) is 0 Å². The first-order valence-electron chi connectivity index (χ1n) is 4.51. The molecule has 0 fully saturated rings. The van der Waals surface area contributed by atoms with Crippen LogP contribution in [0.4, 0.5) is 0 Å². The molecule has 6 heteroatoms. The van der Waals surface area contributed by atoms with Crippen LogP contribution in [0.2, 0.25) is 0 Å². The van der Waals surface area contributed by atoms with Crippen molar-refractivity contribution in [3.8, 4) is 0 Å². The Morgan fingerprint density at radius 1 is 1.40 bits per heavy atom. The Hall–Kier alpha value is -0.180. The van der Waals surface area contributed by atoms with Crippen molar-refractivity contribution in [1.29, 1.82) is 0 Å². The Balaban J connectivity index is 2.77. The summed E-state index contributed by atoms with van der Waals surface area (Å²) in [5.41, 5.74) is 5.28. The Morgan fingerprint density at radius 3 is 2.73 bits per heavy atom. The van der Waals surface area contributed by atoms with E-state index in [1.54, 1.807) is 18.2 Å². The monoisotopic (exact) mass is 340 g/mol. The van der Waals surface area contributed by atoms with Crippen LogP contribution in [-0.2, 0) is 10.0 Å². The molecule has 0 saturated carbocycles. The van der Waals surface area contributed by atoms with Crippen molar-refractivity contribution < 1.29 is 8.42 Å². The van der Waals surface area contributed by atoms with E-state index in [4.69, 9.17) is 5.73 Å². The molecule has 0 bridgehead atoms. The lowest BCUT2D eigenvalue weighted by Gasteiger charge is -2.05. The quantitative estimate of drug-likeness (QED) is 0.618. The molecule has 4 nitrogen and oxygen atoms in total. The third kappa shape index (κ3) is 4.06. The molecule has 0 aliphatic carbocycles. The molecule has 0 spiro atoms. The van der Waals surface area contributed by atoms with E-state index in [0.29, 0.717) is 24.4 Å². The van der Waals surface area contributed by atoms with Gasteiger partial charge in [0.15, 0.2) is 0 Å². The molecule has 84 valence electrons. The van der Waals surface area contributed by atoms with Gasteiger partial charge in [-0.2, -0.15) is 0 Å². The summed E-state index contributed by atoms with van der Waals surface area (Å²) in [7, 11) is -3.37. The maximum Gasteiger partial charge on any atom is 0.240 e. The smallest absolute Gasteiger partial charge is 0.240 e. The van der Waals surface area contributed by atoms with E-state index in [1.165, 1.54) is 0 Å². The normalized spacial score (nSPS) is 11.6. The minimum absolute atomic E-state index is 0.298. The Morgan fingerprint density at radius 2 is 2.13 bits per heavy atom. The Labute approximate surface area is 103 Å². The Kier molecular flexibility index (Phi) is 4.97. The molecule has 0 unspecified atom stereocenters. The summed E-state index contributed by atoms with van der Waals surface area (Å²) in [5.74, 6) is 0. The van der Waals surface area contributed by atoms with Gasteiger partial charge in [-0.3, -0.25) is 0 Å². The minimum Gasteiger partial charge on any atom is -0.330 e. The van der Waals surface area contributed by atoms with Crippen molar-refractivity contribution in [2.45, 2.75) is 11.3 Å². The highest BCUT2D eigenvalue weighted by atomic mass is 127. The van der Waals surface area contributed by atoms with Gasteiger partial charge in [-0.15, -0.1) is 0 Å². The molecule has 0 amide bonds. The van der Waals surface area contributed by atoms with Crippen molar-refractivity contribution in [1.82, 2.24) is 4.72 Å². The van der Waals surface area contributed by atoms with Crippen molar-refractivity contribution in [2.75, 3.05) is 13.1 Å². The second-order valence-electron chi connectivity index (χ2n) is 3.00. The Bertz CT molecular complexity index is 420. The predicted molar refractivity (Wildman–Crippen MR) is 68.0 cm³/mol. The first-order valence-corrected chi connectivity index (χ1v) is 7.08. The van der Waals surface area contributed by atoms with Gasteiger partial charge in [0, 0.05) is 10.1 Å². The zero-order chi connectivity index (χ0) is 11.3. The molecule has 0 radical (unpaired) electrons. The SMILES string of the molecule is NCCCNS(=O)(=O)c1cccc(I)c1. The van der Waals surface area contributed by atoms with Gasteiger partial charge < -0.3 is 5.73 Å². The highest BCUT2D eigenvalue weighted by molar-refractivity contribution is 14.1. The van der Waals surface area contributed by atoms with Crippen LogP contribution in [0.1, 0.15) is 6.42 Å². The van der Waals surface area contributed by atoms with Crippen LogP contribution in [0.5, 0.6) is 0 Å². The summed E-state index contributed by atoms with van der Waals surface area (Å²) in [4.78, 5) is 0.298. The third-order valence-electron chi connectivity index (χ3n) is 1.78. The van der Waals surface area contributed by atoms with Gasteiger partial charge in [0.05, 0.1) is 4.90 Å². The predicted octanol–water partition coefficient (Wildman–Crippen LogP) is 0.918. The van der Waals surface area contributed by atoms with Gasteiger partial charge in [0.2, 0.25) is 10.0 Å². The number of nitrogens with one attached hydrogen (secondary N) is 1. The summed E-state index contributed by atoms with van der Waals surface area (Å²) >= 11 is 2.08. The zero-order valence-electron chi connectivity index (χ0n) is 8.11. The fourth-order valence-corrected chi connectivity index (χ4v) is 2.90. The van der Waals surface area contributed by atoms with Gasteiger partial charge in [0.1, 0.15) is 0 Å². The molecule has 1 aromatic carbocycles. The van der Waals surface area contributed by atoms with Crippen LogP contribution in [-0.4, -0.2) is 21.5 Å². The summed E-state index contributed by atoms with van der Waals surface area (Å²) in [6.07, 6.45) is 0.642. The van der Waals surface area contributed by atoms with E-state index < -0.39 is 10.0 Å². The van der Waals surface area contributed by atoms with Gasteiger partial charge in [0.25, 0.3) is 0 Å². The number of benzene rings is 1. The number of hydrogen-bond donors (Lipinski definition) is 2. The van der Waals surface area contributed by atoms with E-state index in [2.05, 4.69) is 27.3 Å². The molecule has 1 rings (SSSR count). The largest absolute Gasteiger partial charge is 0.330 e. The second kappa shape index (κ2) is 5.78. The number of nitrogens with two attached hydrogens (primary N) is 1. The molecule has 1 aromatic rings. The van der Waals surface area contributed by atoms with Gasteiger partial charge in [-0.1, -0.05) is 6.07 Å². The average molecular weight is 340 g/mol. The number of rotatable bonds is 5. The van der Waals surface area contributed by atoms with Gasteiger partial charge in [-0.25, -0.2) is 13.1 Å². The van der Waals surface area contributed by atoms with Gasteiger partial charge in [-0.05, 0) is 53.8 Å². The molecule has 0 saturated heterocycles. The highest BCUT2D eigenvalue weighted by Gasteiger charge is 2.12. The van der Waals surface area contributed by atoms with Crippen LogP contribution in [0.25, 0.3) is 0 Å². The van der Waals surface area contributed by atoms with E-state index in [0.717, 1.165) is 3.57 Å². The topological polar surface area (TPSA) is 72.2 Å². The highest BCUT2D eigenvalue weighted by Crippen LogP contribution is 2.12. The third-order valence-corrected chi connectivity index (χ3v) is 3.91. The fraction of sp³-hybridized carbons (Fsp3) is 0.333. The first kappa shape index (κ1) is 12.9. The van der Waals surface area contributed by atoms with Crippen LogP contribution in [0, 0.1) is 3.57 Å². The van der Waals surface area contributed by atoms with Crippen LogP contribution < -0.4 is 10.5 Å². The second-order valence-corrected chi connectivity index (χ2v) is 6.01. The van der Waals surface area contributed by atoms with Crippen LogP contribution in [0.15, 0.2) is 29.2 Å². The standard InChI is InChI=1S/C9H13IN2O2S/c10-8-3-1-4-9(7-8)15(13,14)12-6-2-5-11/h1,3-4,7,12H,2,5-6,11H2.